The molecule has 0 aliphatic carbocycles. The summed E-state index contributed by atoms with van der Waals surface area (Å²) in [5.41, 5.74) is 12.2. The third-order valence-electron chi connectivity index (χ3n) is 13.1. The number of benzene rings is 12. The van der Waals surface area contributed by atoms with Crippen LogP contribution in [0.25, 0.3) is 32.3 Å². The van der Waals surface area contributed by atoms with Crippen molar-refractivity contribution < 1.29 is 0 Å². The minimum Gasteiger partial charge on any atom is -0.308 e. The Hall–Kier alpha value is -9.38. The van der Waals surface area contributed by atoms with Gasteiger partial charge in [0.25, 0.3) is 0 Å². The number of nitrogens with zero attached hydrogens (tertiary/aromatic N) is 4. The third-order valence-corrected chi connectivity index (χ3v) is 13.1. The zero-order valence-electron chi connectivity index (χ0n) is 38.5. The van der Waals surface area contributed by atoms with Crippen LogP contribution in [0, 0.1) is 0 Å². The molecule has 0 fully saturated rings. The first-order valence-electron chi connectivity index (χ1n) is 23.9. The van der Waals surface area contributed by atoms with Crippen LogP contribution >= 0.6 is 0 Å². The minimum atomic E-state index is 0.977. The van der Waals surface area contributed by atoms with E-state index in [-0.39, 0.29) is 0 Å². The smallest absolute Gasteiger partial charge is 0.0968 e. The van der Waals surface area contributed by atoms with Crippen molar-refractivity contribution in [3.05, 3.63) is 291 Å². The van der Waals surface area contributed by atoms with Gasteiger partial charge in [-0.15, -0.1) is 0 Å². The van der Waals surface area contributed by atoms with Gasteiger partial charge in [-0.05, 0) is 107 Å². The molecule has 0 N–H and O–H groups in total. The van der Waals surface area contributed by atoms with E-state index in [0.717, 1.165) is 101 Å². The predicted molar refractivity (Wildman–Crippen MR) is 298 cm³/mol. The van der Waals surface area contributed by atoms with E-state index in [1.165, 1.54) is 0 Å². The summed E-state index contributed by atoms with van der Waals surface area (Å²) in [6.07, 6.45) is 0. The molecule has 332 valence electrons. The van der Waals surface area contributed by atoms with E-state index >= 15 is 0 Å². The van der Waals surface area contributed by atoms with E-state index < -0.39 is 0 Å². The first kappa shape index (κ1) is 42.0. The van der Waals surface area contributed by atoms with Crippen LogP contribution in [-0.4, -0.2) is 0 Å². The van der Waals surface area contributed by atoms with E-state index in [4.69, 9.17) is 0 Å². The van der Waals surface area contributed by atoms with Crippen LogP contribution in [0.15, 0.2) is 291 Å². The lowest BCUT2D eigenvalue weighted by atomic mass is 10.00. The van der Waals surface area contributed by atoms with Crippen molar-refractivity contribution in [2.24, 2.45) is 0 Å². The maximum absolute atomic E-state index is 2.51. The molecule has 0 saturated carbocycles. The number of hydrogen-bond acceptors (Lipinski definition) is 4. The minimum absolute atomic E-state index is 0.977. The molecule has 0 unspecified atom stereocenters. The molecule has 12 aromatic rings. The van der Waals surface area contributed by atoms with Gasteiger partial charge in [-0.3, -0.25) is 0 Å². The van der Waals surface area contributed by atoms with E-state index in [0.29, 0.717) is 0 Å². The quantitative estimate of drug-likeness (QED) is 0.121. The standard InChI is InChI=1S/C66H48N4/c1-6-31-52(32-7-1)67(53-33-8-2-9-34-53)63-47-48-64(68(54-35-10-3-11-36-54)60-44-22-28-49-25-16-19-41-57(49)60)66(70(56-39-14-5-15-40-56)62-46-24-30-51-27-18-21-43-59(51)62)65(63)69(55-37-12-4-13-38-55)61-45-23-29-50-26-17-20-42-58(50)61/h1-48H. The third kappa shape index (κ3) is 7.74. The van der Waals surface area contributed by atoms with Gasteiger partial charge in [0, 0.05) is 44.6 Å². The van der Waals surface area contributed by atoms with Crippen LogP contribution in [0.5, 0.6) is 0 Å². The lowest BCUT2D eigenvalue weighted by Crippen LogP contribution is -2.24. The van der Waals surface area contributed by atoms with Gasteiger partial charge in [0.15, 0.2) is 0 Å². The Morgan fingerprint density at radius 1 is 0.157 bits per heavy atom. The Bertz CT molecular complexity index is 3680. The summed E-state index contributed by atoms with van der Waals surface area (Å²) in [6.45, 7) is 0. The lowest BCUT2D eigenvalue weighted by Gasteiger charge is -2.41. The molecule has 0 heterocycles. The van der Waals surface area contributed by atoms with Gasteiger partial charge in [-0.25, -0.2) is 0 Å². The monoisotopic (exact) mass is 896 g/mol. The second-order valence-corrected chi connectivity index (χ2v) is 17.3. The average molecular weight is 897 g/mol. The van der Waals surface area contributed by atoms with E-state index in [2.05, 4.69) is 311 Å². The predicted octanol–water partition coefficient (Wildman–Crippen LogP) is 19.0. The highest BCUT2D eigenvalue weighted by atomic mass is 15.3. The molecule has 0 bridgehead atoms. The Kier molecular flexibility index (Phi) is 11.2. The van der Waals surface area contributed by atoms with Gasteiger partial charge in [0.05, 0.1) is 39.8 Å². The van der Waals surface area contributed by atoms with E-state index in [1.807, 2.05) is 0 Å². The van der Waals surface area contributed by atoms with Gasteiger partial charge in [-0.1, -0.05) is 200 Å². The number of anilines is 12. The van der Waals surface area contributed by atoms with Crippen molar-refractivity contribution >= 4 is 101 Å². The summed E-state index contributed by atoms with van der Waals surface area (Å²) >= 11 is 0. The van der Waals surface area contributed by atoms with Gasteiger partial charge in [0.2, 0.25) is 0 Å². The normalized spacial score (nSPS) is 11.1. The van der Waals surface area contributed by atoms with Crippen LogP contribution < -0.4 is 19.6 Å². The maximum Gasteiger partial charge on any atom is 0.0968 e. The molecule has 0 atom stereocenters. The van der Waals surface area contributed by atoms with Crippen LogP contribution in [0.2, 0.25) is 0 Å². The zero-order chi connectivity index (χ0) is 46.6. The van der Waals surface area contributed by atoms with Gasteiger partial charge < -0.3 is 19.6 Å². The molecule has 0 aliphatic rings. The van der Waals surface area contributed by atoms with E-state index in [1.54, 1.807) is 0 Å². The summed E-state index contributed by atoms with van der Waals surface area (Å²) in [5, 5.41) is 6.87. The molecular formula is C66H48N4. The molecule has 0 aromatic heterocycles. The van der Waals surface area contributed by atoms with Gasteiger partial charge in [-0.2, -0.15) is 0 Å². The summed E-state index contributed by atoms with van der Waals surface area (Å²) < 4.78 is 0. The molecule has 12 rings (SSSR count). The number of hydrogen-bond donors (Lipinski definition) is 0. The molecule has 70 heavy (non-hydrogen) atoms. The molecular weight excluding hydrogens is 849 g/mol. The zero-order valence-corrected chi connectivity index (χ0v) is 38.5. The van der Waals surface area contributed by atoms with Gasteiger partial charge >= 0.3 is 0 Å². The first-order chi connectivity index (χ1) is 34.8. The highest BCUT2D eigenvalue weighted by Crippen LogP contribution is 2.59. The summed E-state index contributed by atoms with van der Waals surface area (Å²) in [7, 11) is 0. The van der Waals surface area contributed by atoms with Crippen LogP contribution in [-0.2, 0) is 0 Å². The number of para-hydroxylation sites is 5. The Morgan fingerprint density at radius 2 is 0.400 bits per heavy atom. The molecule has 4 nitrogen and oxygen atoms in total. The molecule has 0 amide bonds. The highest BCUT2D eigenvalue weighted by molar-refractivity contribution is 6.13. The van der Waals surface area contributed by atoms with Crippen molar-refractivity contribution in [1.82, 2.24) is 0 Å². The largest absolute Gasteiger partial charge is 0.308 e. The molecule has 0 radical (unpaired) electrons. The summed E-state index contributed by atoms with van der Waals surface area (Å²) in [5.74, 6) is 0. The van der Waals surface area contributed by atoms with Crippen LogP contribution in [0.1, 0.15) is 0 Å². The Morgan fingerprint density at radius 3 is 0.743 bits per heavy atom. The van der Waals surface area contributed by atoms with Crippen molar-refractivity contribution in [2.75, 3.05) is 19.6 Å². The molecule has 0 aliphatic heterocycles. The molecule has 0 spiro atoms. The topological polar surface area (TPSA) is 13.0 Å². The molecule has 0 saturated heterocycles. The second-order valence-electron chi connectivity index (χ2n) is 17.3. The summed E-state index contributed by atoms with van der Waals surface area (Å²) in [4.78, 5) is 9.89. The summed E-state index contributed by atoms with van der Waals surface area (Å²) in [6, 6.07) is 105. The second kappa shape index (κ2) is 18.7. The fourth-order valence-corrected chi connectivity index (χ4v) is 10.1. The van der Waals surface area contributed by atoms with Crippen LogP contribution in [0.4, 0.5) is 68.2 Å². The highest BCUT2D eigenvalue weighted by Gasteiger charge is 2.34. The number of rotatable bonds is 12. The number of fused-ring (bicyclic) bond motifs is 3. The Labute approximate surface area is 409 Å². The molecule has 12 aromatic carbocycles. The fraction of sp³-hybridized carbons (Fsp3) is 0. The maximum atomic E-state index is 2.51. The van der Waals surface area contributed by atoms with Crippen LogP contribution in [0.3, 0.4) is 0 Å². The fourth-order valence-electron chi connectivity index (χ4n) is 10.1. The van der Waals surface area contributed by atoms with E-state index in [9.17, 15) is 0 Å². The van der Waals surface area contributed by atoms with Crippen molar-refractivity contribution in [2.45, 2.75) is 0 Å². The van der Waals surface area contributed by atoms with Crippen molar-refractivity contribution in [3.8, 4) is 0 Å². The Balaban J connectivity index is 1.34. The van der Waals surface area contributed by atoms with Gasteiger partial charge in [0.1, 0.15) is 0 Å². The van der Waals surface area contributed by atoms with Crippen molar-refractivity contribution in [3.63, 3.8) is 0 Å². The first-order valence-corrected chi connectivity index (χ1v) is 23.9. The molecule has 4 heteroatoms. The average Bonchev–Trinajstić information content (AvgIpc) is 3.44. The SMILES string of the molecule is c1ccc(N(c2ccccc2)c2ccc(N(c3ccccc3)c3cccc4ccccc34)c(N(c3ccccc3)c3cccc4ccccc34)c2N(c2ccccc2)c2cccc3ccccc23)cc1. The lowest BCUT2D eigenvalue weighted by molar-refractivity contribution is 1.18. The van der Waals surface area contributed by atoms with Crippen molar-refractivity contribution in [1.29, 1.82) is 0 Å².